The maximum absolute atomic E-state index is 6.94. The first-order valence-electron chi connectivity index (χ1n) is 18.5. The van der Waals surface area contributed by atoms with Crippen molar-refractivity contribution in [2.45, 2.75) is 0 Å². The van der Waals surface area contributed by atoms with Crippen molar-refractivity contribution in [1.29, 1.82) is 0 Å². The van der Waals surface area contributed by atoms with Crippen LogP contribution in [0.25, 0.3) is 87.3 Å². The molecule has 11 aromatic rings. The van der Waals surface area contributed by atoms with Crippen molar-refractivity contribution in [3.63, 3.8) is 0 Å². The number of furan rings is 1. The van der Waals surface area contributed by atoms with Crippen molar-refractivity contribution in [2.24, 2.45) is 0 Å². The summed E-state index contributed by atoms with van der Waals surface area (Å²) in [6.07, 6.45) is 0. The molecule has 10 aromatic carbocycles. The van der Waals surface area contributed by atoms with Gasteiger partial charge in [-0.2, -0.15) is 0 Å². The van der Waals surface area contributed by atoms with Gasteiger partial charge < -0.3 is 9.32 Å². The van der Waals surface area contributed by atoms with E-state index in [4.69, 9.17) is 4.42 Å². The van der Waals surface area contributed by atoms with E-state index in [9.17, 15) is 0 Å². The van der Waals surface area contributed by atoms with Gasteiger partial charge in [-0.25, -0.2) is 0 Å². The zero-order valence-electron chi connectivity index (χ0n) is 29.4. The Hall–Kier alpha value is -7.16. The molecule has 252 valence electrons. The molecular weight excluding hydrogens is 655 g/mol. The van der Waals surface area contributed by atoms with Crippen LogP contribution in [0, 0.1) is 0 Å². The zero-order chi connectivity index (χ0) is 35.6. The minimum Gasteiger partial charge on any atom is -0.455 e. The number of rotatable bonds is 5. The third-order valence-corrected chi connectivity index (χ3v) is 11.0. The minimum absolute atomic E-state index is 0.859. The summed E-state index contributed by atoms with van der Waals surface area (Å²) in [5.74, 6) is 0. The Balaban J connectivity index is 1.21. The second-order valence-electron chi connectivity index (χ2n) is 14.0. The first-order valence-corrected chi connectivity index (χ1v) is 18.5. The highest BCUT2D eigenvalue weighted by molar-refractivity contribution is 6.26. The fraction of sp³-hybridized carbons (Fsp3) is 0. The van der Waals surface area contributed by atoms with Gasteiger partial charge >= 0.3 is 0 Å². The second-order valence-corrected chi connectivity index (χ2v) is 14.0. The molecule has 1 aromatic heterocycles. The minimum atomic E-state index is 0.859. The van der Waals surface area contributed by atoms with Gasteiger partial charge in [-0.15, -0.1) is 0 Å². The Bertz CT molecular complexity index is 3160. The van der Waals surface area contributed by atoms with E-state index in [1.807, 2.05) is 0 Å². The number of anilines is 3. The fourth-order valence-corrected chi connectivity index (χ4v) is 8.58. The Morgan fingerprint density at radius 1 is 0.333 bits per heavy atom. The lowest BCUT2D eigenvalue weighted by molar-refractivity contribution is 0.670. The van der Waals surface area contributed by atoms with Crippen molar-refractivity contribution >= 4 is 82.1 Å². The molecule has 0 aliphatic carbocycles. The van der Waals surface area contributed by atoms with E-state index >= 15 is 0 Å². The summed E-state index contributed by atoms with van der Waals surface area (Å²) in [5.41, 5.74) is 9.62. The normalized spacial score (nSPS) is 11.7. The first-order chi connectivity index (χ1) is 26.8. The molecule has 0 saturated carbocycles. The van der Waals surface area contributed by atoms with Gasteiger partial charge in [0.2, 0.25) is 0 Å². The van der Waals surface area contributed by atoms with Gasteiger partial charge in [0.15, 0.2) is 0 Å². The quantitative estimate of drug-likeness (QED) is 0.168. The van der Waals surface area contributed by atoms with E-state index in [1.165, 1.54) is 54.2 Å². The molecule has 2 heteroatoms. The number of fused-ring (bicyclic) bond motifs is 10. The lowest BCUT2D eigenvalue weighted by Crippen LogP contribution is -2.10. The molecule has 0 radical (unpaired) electrons. The number of hydrogen-bond donors (Lipinski definition) is 0. The standard InChI is InChI=1S/C52H33NO/c1-3-14-34(15-4-1)35-26-28-38(29-27-35)53(39-30-31-45-43-22-10-9-20-41(43)42-21-11-12-23-44(42)46(45)33-39)48-24-13-25-49-51(48)47-32-37-18-7-8-19-40(37)50(52(47)54-49)36-16-5-2-6-17-36/h1-33H. The van der Waals surface area contributed by atoms with Crippen LogP contribution in [0.3, 0.4) is 0 Å². The highest BCUT2D eigenvalue weighted by Crippen LogP contribution is 2.48. The number of hydrogen-bond acceptors (Lipinski definition) is 2. The smallest absolute Gasteiger partial charge is 0.143 e. The summed E-state index contributed by atoms with van der Waals surface area (Å²) in [5, 5.41) is 12.1. The van der Waals surface area contributed by atoms with Crippen molar-refractivity contribution in [3.05, 3.63) is 200 Å². The predicted octanol–water partition coefficient (Wildman–Crippen LogP) is 15.0. The topological polar surface area (TPSA) is 16.4 Å². The predicted molar refractivity (Wildman–Crippen MR) is 229 cm³/mol. The van der Waals surface area contributed by atoms with Crippen LogP contribution in [0.2, 0.25) is 0 Å². The molecule has 0 unspecified atom stereocenters. The molecular formula is C52H33NO. The van der Waals surface area contributed by atoms with Gasteiger partial charge in [0.1, 0.15) is 11.2 Å². The number of nitrogens with zero attached hydrogens (tertiary/aromatic N) is 1. The van der Waals surface area contributed by atoms with Crippen LogP contribution >= 0.6 is 0 Å². The molecule has 1 heterocycles. The molecule has 0 atom stereocenters. The highest BCUT2D eigenvalue weighted by atomic mass is 16.3. The molecule has 11 rings (SSSR count). The summed E-state index contributed by atoms with van der Waals surface area (Å²) in [6.45, 7) is 0. The molecule has 0 aliphatic rings. The van der Waals surface area contributed by atoms with Crippen LogP contribution in [0.15, 0.2) is 205 Å². The molecule has 0 fully saturated rings. The second kappa shape index (κ2) is 12.2. The lowest BCUT2D eigenvalue weighted by Gasteiger charge is -2.27. The average Bonchev–Trinajstić information content (AvgIpc) is 3.62. The first kappa shape index (κ1) is 30.5. The maximum Gasteiger partial charge on any atom is 0.143 e. The zero-order valence-corrected chi connectivity index (χ0v) is 29.4. The Morgan fingerprint density at radius 3 is 1.56 bits per heavy atom. The summed E-state index contributed by atoms with van der Waals surface area (Å²) >= 11 is 0. The van der Waals surface area contributed by atoms with E-state index in [-0.39, 0.29) is 0 Å². The van der Waals surface area contributed by atoms with E-state index in [0.717, 1.165) is 50.1 Å². The molecule has 0 amide bonds. The van der Waals surface area contributed by atoms with E-state index in [1.54, 1.807) is 0 Å². The highest BCUT2D eigenvalue weighted by Gasteiger charge is 2.23. The largest absolute Gasteiger partial charge is 0.455 e. The molecule has 0 N–H and O–H groups in total. The van der Waals surface area contributed by atoms with Gasteiger partial charge in [-0.1, -0.05) is 158 Å². The monoisotopic (exact) mass is 687 g/mol. The molecule has 2 nitrogen and oxygen atoms in total. The molecule has 0 saturated heterocycles. The fourth-order valence-electron chi connectivity index (χ4n) is 8.58. The van der Waals surface area contributed by atoms with Crippen molar-refractivity contribution < 1.29 is 4.42 Å². The Morgan fingerprint density at radius 2 is 0.870 bits per heavy atom. The Kier molecular flexibility index (Phi) is 6.90. The Labute approximate surface area is 312 Å². The van der Waals surface area contributed by atoms with Crippen LogP contribution < -0.4 is 4.90 Å². The van der Waals surface area contributed by atoms with Crippen LogP contribution in [0.1, 0.15) is 0 Å². The summed E-state index contributed by atoms with van der Waals surface area (Å²) in [6, 6.07) is 72.1. The molecule has 0 bridgehead atoms. The van der Waals surface area contributed by atoms with Crippen molar-refractivity contribution in [2.75, 3.05) is 4.90 Å². The van der Waals surface area contributed by atoms with Gasteiger partial charge in [0, 0.05) is 22.3 Å². The van der Waals surface area contributed by atoms with Gasteiger partial charge in [-0.05, 0) is 102 Å². The molecule has 0 spiro atoms. The lowest BCUT2D eigenvalue weighted by atomic mass is 9.93. The van der Waals surface area contributed by atoms with Crippen LogP contribution in [-0.4, -0.2) is 0 Å². The third kappa shape index (κ3) is 4.74. The van der Waals surface area contributed by atoms with Crippen molar-refractivity contribution in [1.82, 2.24) is 0 Å². The van der Waals surface area contributed by atoms with Crippen LogP contribution in [0.4, 0.5) is 17.1 Å². The van der Waals surface area contributed by atoms with Gasteiger partial charge in [-0.3, -0.25) is 0 Å². The summed E-state index contributed by atoms with van der Waals surface area (Å²) < 4.78 is 6.94. The maximum atomic E-state index is 6.94. The van der Waals surface area contributed by atoms with Gasteiger partial charge in [0.05, 0.1) is 11.1 Å². The van der Waals surface area contributed by atoms with Crippen LogP contribution in [0.5, 0.6) is 0 Å². The van der Waals surface area contributed by atoms with E-state index < -0.39 is 0 Å². The third-order valence-electron chi connectivity index (χ3n) is 11.0. The van der Waals surface area contributed by atoms with Gasteiger partial charge in [0.25, 0.3) is 0 Å². The average molecular weight is 688 g/mol. The van der Waals surface area contributed by atoms with E-state index in [0.29, 0.717) is 0 Å². The van der Waals surface area contributed by atoms with Crippen molar-refractivity contribution in [3.8, 4) is 22.3 Å². The molecule has 54 heavy (non-hydrogen) atoms. The summed E-state index contributed by atoms with van der Waals surface area (Å²) in [4.78, 5) is 2.41. The summed E-state index contributed by atoms with van der Waals surface area (Å²) in [7, 11) is 0. The van der Waals surface area contributed by atoms with E-state index in [2.05, 4.69) is 205 Å². The SMILES string of the molecule is c1ccc(-c2ccc(N(c3ccc4c5ccccc5c5ccccc5c4c3)c3cccc4oc5c(-c6ccccc6)c6ccccc6cc5c34)cc2)cc1. The molecule has 0 aliphatic heterocycles. The number of benzene rings is 10. The van der Waals surface area contributed by atoms with Crippen LogP contribution in [-0.2, 0) is 0 Å².